The minimum absolute atomic E-state index is 0.302. The highest BCUT2D eigenvalue weighted by Crippen LogP contribution is 2.37. The number of benzene rings is 1. The second kappa shape index (κ2) is 3.16. The zero-order chi connectivity index (χ0) is 9.42. The van der Waals surface area contributed by atoms with Gasteiger partial charge in [-0.3, -0.25) is 0 Å². The predicted molar refractivity (Wildman–Crippen MR) is 53.3 cm³/mol. The van der Waals surface area contributed by atoms with E-state index in [1.165, 1.54) is 7.11 Å². The van der Waals surface area contributed by atoms with Gasteiger partial charge in [0.25, 0.3) is 0 Å². The first-order valence-electron chi connectivity index (χ1n) is 3.64. The molecule has 0 aliphatic carbocycles. The molecule has 0 radical (unpaired) electrons. The van der Waals surface area contributed by atoms with Crippen LogP contribution in [0.4, 0.5) is 4.39 Å². The van der Waals surface area contributed by atoms with Crippen molar-refractivity contribution in [1.82, 2.24) is 0 Å². The van der Waals surface area contributed by atoms with Gasteiger partial charge in [-0.1, -0.05) is 11.6 Å². The van der Waals surface area contributed by atoms with E-state index in [9.17, 15) is 4.39 Å². The summed E-state index contributed by atoms with van der Waals surface area (Å²) in [6, 6.07) is 5.21. The largest absolute Gasteiger partial charge is 0.492 e. The van der Waals surface area contributed by atoms with Gasteiger partial charge in [0.05, 0.1) is 7.11 Å². The van der Waals surface area contributed by atoms with E-state index < -0.39 is 0 Å². The van der Waals surface area contributed by atoms with Gasteiger partial charge in [0.2, 0.25) is 5.13 Å². The van der Waals surface area contributed by atoms with Crippen LogP contribution in [0.5, 0.6) is 5.75 Å². The van der Waals surface area contributed by atoms with Crippen molar-refractivity contribution in [2.75, 3.05) is 7.11 Å². The highest BCUT2D eigenvalue weighted by atomic mass is 35.5. The van der Waals surface area contributed by atoms with E-state index in [1.54, 1.807) is 18.2 Å². The number of halogens is 2. The molecule has 0 amide bonds. The lowest BCUT2D eigenvalue weighted by Crippen LogP contribution is -1.81. The molecule has 2 rings (SSSR count). The van der Waals surface area contributed by atoms with Crippen molar-refractivity contribution in [1.29, 1.82) is 0 Å². The van der Waals surface area contributed by atoms with Gasteiger partial charge in [0.1, 0.15) is 0 Å². The third kappa shape index (κ3) is 1.38. The third-order valence-electron chi connectivity index (χ3n) is 1.77. The molecule has 1 nitrogen and oxygen atoms in total. The second-order valence-electron chi connectivity index (χ2n) is 2.55. The summed E-state index contributed by atoms with van der Waals surface area (Å²) in [5.41, 5.74) is 0. The fraction of sp³-hybridized carbons (Fsp3) is 0.111. The fourth-order valence-electron chi connectivity index (χ4n) is 1.21. The van der Waals surface area contributed by atoms with Crippen molar-refractivity contribution in [2.24, 2.45) is 0 Å². The number of rotatable bonds is 1. The molecule has 1 heterocycles. The van der Waals surface area contributed by atoms with Gasteiger partial charge in [-0.2, -0.15) is 4.39 Å². The monoisotopic (exact) mass is 216 g/mol. The van der Waals surface area contributed by atoms with Crippen LogP contribution in [0.3, 0.4) is 0 Å². The molecular weight excluding hydrogens is 211 g/mol. The summed E-state index contributed by atoms with van der Waals surface area (Å²) in [6.45, 7) is 0. The molecule has 0 N–H and O–H groups in total. The zero-order valence-electron chi connectivity index (χ0n) is 6.80. The average molecular weight is 217 g/mol. The van der Waals surface area contributed by atoms with E-state index in [2.05, 4.69) is 0 Å². The Kier molecular flexibility index (Phi) is 2.14. The van der Waals surface area contributed by atoms with Crippen molar-refractivity contribution in [2.45, 2.75) is 0 Å². The molecule has 0 saturated carbocycles. The minimum Gasteiger partial charge on any atom is -0.492 e. The molecule has 2 aromatic rings. The molecule has 0 aliphatic heterocycles. The molecule has 0 unspecified atom stereocenters. The number of hydrogen-bond acceptors (Lipinski definition) is 2. The Morgan fingerprint density at radius 2 is 2.23 bits per heavy atom. The van der Waals surface area contributed by atoms with E-state index >= 15 is 0 Å². The Bertz CT molecular complexity index is 452. The molecule has 0 spiro atoms. The second-order valence-corrected chi connectivity index (χ2v) is 3.99. The normalized spacial score (nSPS) is 10.7. The summed E-state index contributed by atoms with van der Waals surface area (Å²) in [5.74, 6) is 0.302. The van der Waals surface area contributed by atoms with Gasteiger partial charge in [-0.25, -0.2) is 0 Å². The number of ether oxygens (including phenoxy) is 1. The van der Waals surface area contributed by atoms with E-state index in [4.69, 9.17) is 16.3 Å². The summed E-state index contributed by atoms with van der Waals surface area (Å²) in [4.78, 5) is 0. The number of methoxy groups -OCH3 is 1. The summed E-state index contributed by atoms with van der Waals surface area (Å²) in [5, 5.41) is 1.07. The first kappa shape index (κ1) is 8.78. The molecule has 0 bridgehead atoms. The Morgan fingerprint density at radius 3 is 2.92 bits per heavy atom. The molecule has 13 heavy (non-hydrogen) atoms. The maximum absolute atomic E-state index is 13.2. The lowest BCUT2D eigenvalue weighted by Gasteiger charge is -1.96. The van der Waals surface area contributed by atoms with Crippen LogP contribution in [0.1, 0.15) is 0 Å². The lowest BCUT2D eigenvalue weighted by molar-refractivity contribution is 0.398. The van der Waals surface area contributed by atoms with Gasteiger partial charge in [-0.15, -0.1) is 11.3 Å². The van der Waals surface area contributed by atoms with Crippen LogP contribution in [0, 0.1) is 5.13 Å². The van der Waals surface area contributed by atoms with Gasteiger partial charge < -0.3 is 4.74 Å². The van der Waals surface area contributed by atoms with Gasteiger partial charge >= 0.3 is 0 Å². The topological polar surface area (TPSA) is 9.23 Å². The van der Waals surface area contributed by atoms with E-state index in [0.29, 0.717) is 10.8 Å². The molecule has 1 aromatic carbocycles. The van der Waals surface area contributed by atoms with Crippen molar-refractivity contribution in [3.63, 3.8) is 0 Å². The molecule has 0 aliphatic rings. The van der Waals surface area contributed by atoms with Crippen molar-refractivity contribution in [3.05, 3.63) is 28.4 Å². The Hall–Kier alpha value is -0.800. The van der Waals surface area contributed by atoms with Crippen LogP contribution in [0.2, 0.25) is 5.02 Å². The quantitative estimate of drug-likeness (QED) is 0.706. The Morgan fingerprint density at radius 1 is 1.46 bits per heavy atom. The first-order chi connectivity index (χ1) is 6.22. The van der Waals surface area contributed by atoms with Crippen LogP contribution in [0.25, 0.3) is 10.1 Å². The fourth-order valence-corrected chi connectivity index (χ4v) is 2.38. The van der Waals surface area contributed by atoms with Crippen LogP contribution in [-0.2, 0) is 0 Å². The van der Waals surface area contributed by atoms with E-state index in [-0.39, 0.29) is 5.13 Å². The van der Waals surface area contributed by atoms with Crippen LogP contribution < -0.4 is 4.74 Å². The third-order valence-corrected chi connectivity index (χ3v) is 2.93. The standard InChI is InChI=1S/C9H6ClFOS/c1-12-8-6-3-2-5(10)4-7(6)13-9(8)11/h2-4H,1H3. The number of thiophene rings is 1. The molecule has 0 fully saturated rings. The number of hydrogen-bond donors (Lipinski definition) is 0. The molecule has 68 valence electrons. The predicted octanol–water partition coefficient (Wildman–Crippen LogP) is 3.70. The average Bonchev–Trinajstić information content (AvgIpc) is 2.39. The van der Waals surface area contributed by atoms with Crippen molar-refractivity contribution in [3.8, 4) is 5.75 Å². The van der Waals surface area contributed by atoms with Crippen molar-refractivity contribution >= 4 is 33.0 Å². The molecule has 0 saturated heterocycles. The minimum atomic E-state index is -0.306. The maximum atomic E-state index is 13.2. The summed E-state index contributed by atoms with van der Waals surface area (Å²) in [7, 11) is 1.46. The Balaban J connectivity index is 2.79. The SMILES string of the molecule is COc1c(F)sc2cc(Cl)ccc12. The van der Waals surface area contributed by atoms with E-state index in [1.807, 2.05) is 0 Å². The highest BCUT2D eigenvalue weighted by Gasteiger charge is 2.11. The molecular formula is C9H6ClFOS. The van der Waals surface area contributed by atoms with Gasteiger partial charge in [0.15, 0.2) is 5.75 Å². The molecule has 0 atom stereocenters. The van der Waals surface area contributed by atoms with Crippen LogP contribution in [-0.4, -0.2) is 7.11 Å². The smallest absolute Gasteiger partial charge is 0.219 e. The van der Waals surface area contributed by atoms with Crippen LogP contribution in [0.15, 0.2) is 18.2 Å². The highest BCUT2D eigenvalue weighted by molar-refractivity contribution is 7.18. The lowest BCUT2D eigenvalue weighted by atomic mass is 10.2. The first-order valence-corrected chi connectivity index (χ1v) is 4.83. The molecule has 4 heteroatoms. The maximum Gasteiger partial charge on any atom is 0.219 e. The van der Waals surface area contributed by atoms with Crippen LogP contribution >= 0.6 is 22.9 Å². The van der Waals surface area contributed by atoms with Crippen molar-refractivity contribution < 1.29 is 9.13 Å². The van der Waals surface area contributed by atoms with Gasteiger partial charge in [-0.05, 0) is 18.2 Å². The van der Waals surface area contributed by atoms with E-state index in [0.717, 1.165) is 21.4 Å². The summed E-state index contributed by atoms with van der Waals surface area (Å²) < 4.78 is 18.9. The molecule has 1 aromatic heterocycles. The number of fused-ring (bicyclic) bond motifs is 1. The summed E-state index contributed by atoms with van der Waals surface area (Å²) in [6.07, 6.45) is 0. The summed E-state index contributed by atoms with van der Waals surface area (Å²) >= 11 is 6.81. The Labute approximate surface area is 83.7 Å². The zero-order valence-corrected chi connectivity index (χ0v) is 8.38. The van der Waals surface area contributed by atoms with Gasteiger partial charge in [0, 0.05) is 15.1 Å².